The molecule has 0 unspecified atom stereocenters. The number of halogens is 3. The second kappa shape index (κ2) is 9.30. The molecule has 10 heteroatoms. The molecule has 1 saturated carbocycles. The highest BCUT2D eigenvalue weighted by Crippen LogP contribution is 2.35. The van der Waals surface area contributed by atoms with Gasteiger partial charge in [-0.15, -0.1) is 0 Å². The molecule has 0 spiro atoms. The number of rotatable bonds is 6. The average Bonchev–Trinajstić information content (AvgIpc) is 3.48. The van der Waals surface area contributed by atoms with Crippen molar-refractivity contribution in [2.24, 2.45) is 17.4 Å². The lowest BCUT2D eigenvalue weighted by molar-refractivity contribution is -0.137. The van der Waals surface area contributed by atoms with Gasteiger partial charge in [0.2, 0.25) is 0 Å². The van der Waals surface area contributed by atoms with Crippen molar-refractivity contribution in [3.05, 3.63) is 57.4 Å². The summed E-state index contributed by atoms with van der Waals surface area (Å²) in [6.45, 7) is 0. The van der Waals surface area contributed by atoms with Crippen LogP contribution in [0, 0.1) is 22.7 Å². The van der Waals surface area contributed by atoms with Crippen molar-refractivity contribution in [2.75, 3.05) is 7.05 Å². The minimum atomic E-state index is -4.50. The van der Waals surface area contributed by atoms with E-state index in [1.165, 1.54) is 6.07 Å². The maximum Gasteiger partial charge on any atom is 0.416 e. The number of thioether (sulfide) groups is 2. The molecule has 0 aliphatic heterocycles. The van der Waals surface area contributed by atoms with Crippen LogP contribution >= 0.6 is 23.5 Å². The van der Waals surface area contributed by atoms with E-state index in [2.05, 4.69) is 5.32 Å². The fourth-order valence-corrected chi connectivity index (χ4v) is 3.97. The topological polar surface area (TPSA) is 112 Å². The number of nitriles is 1. The van der Waals surface area contributed by atoms with Crippen molar-refractivity contribution in [3.8, 4) is 6.07 Å². The summed E-state index contributed by atoms with van der Waals surface area (Å²) in [6.07, 6.45) is -0.612. The van der Waals surface area contributed by atoms with E-state index < -0.39 is 11.7 Å². The highest BCUT2D eigenvalue weighted by Gasteiger charge is 2.31. The Bertz CT molecular complexity index is 852. The maximum absolute atomic E-state index is 12.8. The van der Waals surface area contributed by atoms with Crippen LogP contribution in [0.15, 0.2) is 40.7 Å². The molecule has 0 heterocycles. The first-order chi connectivity index (χ1) is 13.2. The van der Waals surface area contributed by atoms with E-state index in [1.807, 2.05) is 0 Å². The first kappa shape index (κ1) is 22.0. The van der Waals surface area contributed by atoms with E-state index in [0.29, 0.717) is 22.2 Å². The van der Waals surface area contributed by atoms with E-state index in [1.54, 1.807) is 19.2 Å². The van der Waals surface area contributed by atoms with Gasteiger partial charge in [-0.3, -0.25) is 5.41 Å². The molecule has 1 aliphatic rings. The van der Waals surface area contributed by atoms with Gasteiger partial charge in [-0.25, -0.2) is 0 Å². The molecule has 150 valence electrons. The average molecular weight is 428 g/mol. The third-order valence-electron chi connectivity index (χ3n) is 4.01. The fourth-order valence-electron chi connectivity index (χ4n) is 2.28. The summed E-state index contributed by atoms with van der Waals surface area (Å²) >= 11 is 2.11. The summed E-state index contributed by atoms with van der Waals surface area (Å²) in [4.78, 5) is 0. The molecule has 0 aromatic heterocycles. The molecule has 0 amide bonds. The highest BCUT2D eigenvalue weighted by molar-refractivity contribution is 8.39. The Labute approximate surface area is 169 Å². The number of hydrogen-bond acceptors (Lipinski definition) is 7. The van der Waals surface area contributed by atoms with Gasteiger partial charge >= 0.3 is 6.18 Å². The molecule has 0 atom stereocenters. The Morgan fingerprint density at radius 1 is 1.39 bits per heavy atom. The van der Waals surface area contributed by atoms with Crippen LogP contribution in [-0.4, -0.2) is 11.4 Å². The van der Waals surface area contributed by atoms with Crippen LogP contribution in [0.1, 0.15) is 29.5 Å². The lowest BCUT2D eigenvalue weighted by Crippen LogP contribution is -2.14. The summed E-state index contributed by atoms with van der Waals surface area (Å²) in [5, 5.41) is 20.5. The molecule has 5 nitrogen and oxygen atoms in total. The lowest BCUT2D eigenvalue weighted by atomic mass is 10.1. The Morgan fingerprint density at radius 3 is 2.61 bits per heavy atom. The molecule has 6 N–H and O–H groups in total. The van der Waals surface area contributed by atoms with Crippen LogP contribution in [0.2, 0.25) is 0 Å². The lowest BCUT2D eigenvalue weighted by Gasteiger charge is -2.11. The van der Waals surface area contributed by atoms with Gasteiger partial charge in [-0.2, -0.15) is 18.4 Å². The van der Waals surface area contributed by atoms with Gasteiger partial charge in [-0.1, -0.05) is 17.8 Å². The quantitative estimate of drug-likeness (QED) is 0.309. The van der Waals surface area contributed by atoms with Crippen molar-refractivity contribution in [2.45, 2.75) is 24.8 Å². The van der Waals surface area contributed by atoms with Gasteiger partial charge in [0, 0.05) is 18.5 Å². The number of nitrogens with two attached hydrogens (primary N) is 2. The van der Waals surface area contributed by atoms with Crippen LogP contribution in [0.25, 0.3) is 0 Å². The smallest absolute Gasteiger partial charge is 0.402 e. The van der Waals surface area contributed by atoms with Gasteiger partial charge in [-0.05, 0) is 54.3 Å². The van der Waals surface area contributed by atoms with E-state index in [-0.39, 0.29) is 15.7 Å². The summed E-state index contributed by atoms with van der Waals surface area (Å²) in [7, 11) is 1.71. The zero-order chi connectivity index (χ0) is 20.9. The van der Waals surface area contributed by atoms with Crippen molar-refractivity contribution < 1.29 is 13.2 Å². The van der Waals surface area contributed by atoms with Crippen LogP contribution in [-0.2, 0) is 11.9 Å². The van der Waals surface area contributed by atoms with Gasteiger partial charge in [0.1, 0.15) is 4.38 Å². The van der Waals surface area contributed by atoms with E-state index in [4.69, 9.17) is 22.1 Å². The number of allylic oxidation sites excluding steroid dienone is 2. The monoisotopic (exact) mass is 427 g/mol. The zero-order valence-electron chi connectivity index (χ0n) is 15.1. The summed E-state index contributed by atoms with van der Waals surface area (Å²) in [5.74, 6) is 0.578. The standard InChI is InChI=1S/C18H20F3N5S2/c1-26-15(7-14(23)10-2-3-10)16(24)28-17(25)27-9-11-4-5-13(18(19,20)21)6-12(11)8-22/h4-7,10,25-26H,2-3,9,23-24H2,1H3/b14-7-,16-15-,25-17?. The number of alkyl halides is 3. The number of likely N-dealkylation sites (N-methyl/N-ethyl adjacent to an activating group) is 1. The number of hydrogen-bond donors (Lipinski definition) is 4. The first-order valence-electron chi connectivity index (χ1n) is 8.29. The van der Waals surface area contributed by atoms with Gasteiger partial charge in [0.25, 0.3) is 0 Å². The molecule has 0 bridgehead atoms. The normalized spacial score (nSPS) is 15.6. The second-order valence-electron chi connectivity index (χ2n) is 6.11. The maximum atomic E-state index is 12.8. The number of benzene rings is 1. The van der Waals surface area contributed by atoms with E-state index in [9.17, 15) is 13.2 Å². The van der Waals surface area contributed by atoms with Crippen LogP contribution in [0.3, 0.4) is 0 Å². The third-order valence-corrected chi connectivity index (χ3v) is 5.96. The van der Waals surface area contributed by atoms with Crippen molar-refractivity contribution >= 4 is 27.9 Å². The largest absolute Gasteiger partial charge is 0.416 e. The predicted molar refractivity (Wildman–Crippen MR) is 108 cm³/mol. The summed E-state index contributed by atoms with van der Waals surface area (Å²) in [6, 6.07) is 4.81. The van der Waals surface area contributed by atoms with Crippen LogP contribution in [0.4, 0.5) is 13.2 Å². The molecule has 1 aromatic carbocycles. The SMILES string of the molecule is CNC(/C=C(\N)C1CC1)=C(/N)SC(=N)SCc1ccc(C(F)(F)F)cc1C#N. The number of nitrogens with zero attached hydrogens (tertiary/aromatic N) is 1. The Morgan fingerprint density at radius 2 is 2.07 bits per heavy atom. The Kier molecular flexibility index (Phi) is 7.32. The van der Waals surface area contributed by atoms with E-state index in [0.717, 1.165) is 54.2 Å². The second-order valence-corrected chi connectivity index (χ2v) is 8.40. The van der Waals surface area contributed by atoms with Crippen LogP contribution < -0.4 is 16.8 Å². The summed E-state index contributed by atoms with van der Waals surface area (Å²) in [5.41, 5.74) is 12.9. The van der Waals surface area contributed by atoms with Crippen molar-refractivity contribution in [1.29, 1.82) is 10.7 Å². The Balaban J connectivity index is 2.02. The highest BCUT2D eigenvalue weighted by atomic mass is 32.2. The molecule has 1 aliphatic carbocycles. The molecular weight excluding hydrogens is 407 g/mol. The van der Waals surface area contributed by atoms with E-state index >= 15 is 0 Å². The van der Waals surface area contributed by atoms with Gasteiger partial charge in [0.05, 0.1) is 27.9 Å². The predicted octanol–water partition coefficient (Wildman–Crippen LogP) is 4.08. The van der Waals surface area contributed by atoms with Gasteiger partial charge in [0.15, 0.2) is 0 Å². The molecule has 2 rings (SSSR count). The first-order valence-corrected chi connectivity index (χ1v) is 10.1. The third kappa shape index (κ3) is 6.14. The number of nitrogens with one attached hydrogen (secondary N) is 2. The minimum absolute atomic E-state index is 0.0558. The molecule has 0 saturated heterocycles. The molecule has 0 radical (unpaired) electrons. The summed E-state index contributed by atoms with van der Waals surface area (Å²) < 4.78 is 38.4. The van der Waals surface area contributed by atoms with Gasteiger partial charge < -0.3 is 16.8 Å². The van der Waals surface area contributed by atoms with Crippen molar-refractivity contribution in [1.82, 2.24) is 5.32 Å². The molecular formula is C18H20F3N5S2. The minimum Gasteiger partial charge on any atom is -0.402 e. The molecule has 1 aromatic rings. The van der Waals surface area contributed by atoms with Crippen molar-refractivity contribution in [3.63, 3.8) is 0 Å². The molecule has 1 fully saturated rings. The zero-order valence-corrected chi connectivity index (χ0v) is 16.7. The Hall–Kier alpha value is -2.25. The van der Waals surface area contributed by atoms with Crippen LogP contribution in [0.5, 0.6) is 0 Å². The molecule has 28 heavy (non-hydrogen) atoms. The fraction of sp³-hybridized carbons (Fsp3) is 0.333.